The maximum absolute atomic E-state index is 14.3. The number of carbonyl (C=O) groups excluding carboxylic acids is 1. The summed E-state index contributed by atoms with van der Waals surface area (Å²) in [5.74, 6) is 0.536. The normalized spacial score (nSPS) is 17.5. The number of rotatable bonds is 8. The van der Waals surface area contributed by atoms with Gasteiger partial charge in [-0.2, -0.15) is 5.26 Å². The van der Waals surface area contributed by atoms with Gasteiger partial charge in [0.05, 0.1) is 37.3 Å². The van der Waals surface area contributed by atoms with Crippen LogP contribution in [0.2, 0.25) is 5.02 Å². The van der Waals surface area contributed by atoms with Crippen molar-refractivity contribution in [2.45, 2.75) is 51.2 Å². The summed E-state index contributed by atoms with van der Waals surface area (Å²) in [5, 5.41) is 10.1. The van der Waals surface area contributed by atoms with E-state index in [1.807, 2.05) is 46.0 Å². The van der Waals surface area contributed by atoms with Gasteiger partial charge in [-0.1, -0.05) is 56.0 Å². The summed E-state index contributed by atoms with van der Waals surface area (Å²) in [6.07, 6.45) is 7.11. The van der Waals surface area contributed by atoms with E-state index in [1.165, 1.54) is 0 Å². The largest absolute Gasteiger partial charge is 0.496 e. The van der Waals surface area contributed by atoms with E-state index >= 15 is 0 Å². The molecule has 0 bridgehead atoms. The summed E-state index contributed by atoms with van der Waals surface area (Å²) in [5.41, 5.74) is 2.23. The Hall–Kier alpha value is -3.30. The lowest BCUT2D eigenvalue weighted by molar-refractivity contribution is -0.143. The Kier molecular flexibility index (Phi) is 6.71. The number of methoxy groups -OCH3 is 1. The van der Waals surface area contributed by atoms with Gasteiger partial charge < -0.3 is 14.2 Å². The second-order valence-electron chi connectivity index (χ2n) is 8.39. The van der Waals surface area contributed by atoms with E-state index in [2.05, 4.69) is 18.0 Å². The van der Waals surface area contributed by atoms with Crippen LogP contribution in [0.5, 0.6) is 5.75 Å². The van der Waals surface area contributed by atoms with E-state index in [-0.39, 0.29) is 5.91 Å². The first-order valence-corrected chi connectivity index (χ1v) is 11.6. The van der Waals surface area contributed by atoms with Crippen LogP contribution in [0.4, 0.5) is 0 Å². The van der Waals surface area contributed by atoms with Crippen LogP contribution < -0.4 is 4.74 Å². The molecule has 4 rings (SSSR count). The molecule has 0 aliphatic carbocycles. The summed E-state index contributed by atoms with van der Waals surface area (Å²) in [7, 11) is 1.58. The van der Waals surface area contributed by atoms with Crippen LogP contribution in [-0.2, 0) is 23.4 Å². The zero-order valence-corrected chi connectivity index (χ0v) is 19.7. The maximum atomic E-state index is 14.3. The highest BCUT2D eigenvalue weighted by Gasteiger charge is 2.49. The fourth-order valence-corrected chi connectivity index (χ4v) is 4.82. The van der Waals surface area contributed by atoms with Gasteiger partial charge in [0, 0.05) is 23.3 Å². The third-order valence-electron chi connectivity index (χ3n) is 6.33. The van der Waals surface area contributed by atoms with Gasteiger partial charge in [-0.15, -0.1) is 0 Å². The minimum Gasteiger partial charge on any atom is -0.496 e. The average Bonchev–Trinajstić information content (AvgIpc) is 3.31. The van der Waals surface area contributed by atoms with Gasteiger partial charge in [-0.25, -0.2) is 4.98 Å². The van der Waals surface area contributed by atoms with E-state index < -0.39 is 5.54 Å². The number of nitrogens with zero attached hydrogens (tertiary/aromatic N) is 4. The number of aromatic nitrogens is 2. The number of unbranched alkanes of at least 4 members (excludes halogenated alkanes) is 2. The number of nitriles is 1. The molecular weight excluding hydrogens is 436 g/mol. The van der Waals surface area contributed by atoms with Crippen LogP contribution in [0, 0.1) is 11.3 Å². The molecule has 1 aliphatic heterocycles. The molecule has 2 aromatic carbocycles. The van der Waals surface area contributed by atoms with Crippen LogP contribution in [0.25, 0.3) is 0 Å². The molecule has 0 fully saturated rings. The Labute approximate surface area is 199 Å². The van der Waals surface area contributed by atoms with Gasteiger partial charge in [0.25, 0.3) is 5.91 Å². The van der Waals surface area contributed by atoms with E-state index in [1.54, 1.807) is 25.6 Å². The second-order valence-corrected chi connectivity index (χ2v) is 8.82. The molecule has 3 aromatic rings. The van der Waals surface area contributed by atoms with Crippen LogP contribution >= 0.6 is 11.6 Å². The highest BCUT2D eigenvalue weighted by Crippen LogP contribution is 2.43. The van der Waals surface area contributed by atoms with Crippen molar-refractivity contribution in [2.24, 2.45) is 0 Å². The molecule has 0 saturated heterocycles. The van der Waals surface area contributed by atoms with E-state index in [4.69, 9.17) is 16.3 Å². The Morgan fingerprint density at radius 1 is 1.21 bits per heavy atom. The smallest absolute Gasteiger partial charge is 0.254 e. The van der Waals surface area contributed by atoms with Gasteiger partial charge in [0.2, 0.25) is 0 Å². The first-order valence-electron chi connectivity index (χ1n) is 11.2. The summed E-state index contributed by atoms with van der Waals surface area (Å²) >= 11 is 6.06. The van der Waals surface area contributed by atoms with Crippen molar-refractivity contribution >= 4 is 17.5 Å². The number of fused-ring (bicyclic) bond motifs is 1. The highest BCUT2D eigenvalue weighted by atomic mass is 35.5. The first-order chi connectivity index (χ1) is 16.0. The molecule has 33 heavy (non-hydrogen) atoms. The number of hydrogen-bond acceptors (Lipinski definition) is 4. The monoisotopic (exact) mass is 462 g/mol. The van der Waals surface area contributed by atoms with Crippen molar-refractivity contribution in [3.8, 4) is 11.8 Å². The Morgan fingerprint density at radius 3 is 2.70 bits per heavy atom. The number of amides is 1. The Bertz CT molecular complexity index is 1180. The minimum atomic E-state index is -0.995. The molecule has 2 heterocycles. The minimum absolute atomic E-state index is 0.00191. The number of halogens is 1. The molecule has 170 valence electrons. The lowest BCUT2D eigenvalue weighted by Crippen LogP contribution is -2.55. The third kappa shape index (κ3) is 4.21. The highest BCUT2D eigenvalue weighted by molar-refractivity contribution is 6.30. The molecule has 1 atom stereocenters. The summed E-state index contributed by atoms with van der Waals surface area (Å²) in [6, 6.07) is 15.1. The summed E-state index contributed by atoms with van der Waals surface area (Å²) < 4.78 is 7.72. The number of imidazole rings is 1. The number of carbonyl (C=O) groups is 1. The van der Waals surface area contributed by atoms with Crippen molar-refractivity contribution in [3.63, 3.8) is 0 Å². The average molecular weight is 463 g/mol. The molecule has 0 N–H and O–H groups in total. The standard InChI is InChI=1S/C26H27ClN4O2/c1-3-4-5-12-26(23-11-8-20(14-28)13-24(23)33-2)25(32)30(17-22-15-29-18-31(22)26)16-19-6-9-21(27)10-7-19/h6-11,13,15,18H,3-5,12,16-17H2,1-2H3. The molecule has 0 spiro atoms. The molecular formula is C26H27ClN4O2. The van der Waals surface area contributed by atoms with Crippen molar-refractivity contribution < 1.29 is 9.53 Å². The third-order valence-corrected chi connectivity index (χ3v) is 6.58. The first kappa shape index (κ1) is 22.9. The molecule has 6 nitrogen and oxygen atoms in total. The second kappa shape index (κ2) is 9.68. The van der Waals surface area contributed by atoms with Crippen molar-refractivity contribution in [3.05, 3.63) is 82.4 Å². The lowest BCUT2D eigenvalue weighted by Gasteiger charge is -2.44. The molecule has 1 amide bonds. The van der Waals surface area contributed by atoms with Crippen LogP contribution in [0.15, 0.2) is 55.0 Å². The van der Waals surface area contributed by atoms with E-state index in [0.717, 1.165) is 36.1 Å². The summed E-state index contributed by atoms with van der Waals surface area (Å²) in [6.45, 7) is 3.08. The fraction of sp³-hybridized carbons (Fsp3) is 0.346. The molecule has 0 radical (unpaired) electrons. The topological polar surface area (TPSA) is 71.2 Å². The van der Waals surface area contributed by atoms with Gasteiger partial charge >= 0.3 is 0 Å². The van der Waals surface area contributed by atoms with Crippen molar-refractivity contribution in [1.29, 1.82) is 5.26 Å². The van der Waals surface area contributed by atoms with E-state index in [0.29, 0.717) is 35.8 Å². The van der Waals surface area contributed by atoms with Gasteiger partial charge in [-0.05, 0) is 36.2 Å². The Morgan fingerprint density at radius 2 is 2.00 bits per heavy atom. The zero-order valence-electron chi connectivity index (χ0n) is 18.9. The zero-order chi connectivity index (χ0) is 23.4. The molecule has 0 saturated carbocycles. The molecule has 7 heteroatoms. The molecule has 1 aliphatic rings. The number of hydrogen-bond donors (Lipinski definition) is 0. The number of benzene rings is 2. The van der Waals surface area contributed by atoms with Gasteiger partial charge in [0.15, 0.2) is 5.54 Å². The van der Waals surface area contributed by atoms with E-state index in [9.17, 15) is 10.1 Å². The van der Waals surface area contributed by atoms with Crippen LogP contribution in [0.3, 0.4) is 0 Å². The SMILES string of the molecule is CCCCCC1(c2ccc(C#N)cc2OC)C(=O)N(Cc2ccc(Cl)cc2)Cc2cncn21. The molecule has 1 aromatic heterocycles. The van der Waals surface area contributed by atoms with Crippen LogP contribution in [-0.4, -0.2) is 27.5 Å². The lowest BCUT2D eigenvalue weighted by atomic mass is 9.80. The quantitative estimate of drug-likeness (QED) is 0.427. The predicted octanol–water partition coefficient (Wildman–Crippen LogP) is 5.28. The Balaban J connectivity index is 1.86. The molecule has 1 unspecified atom stereocenters. The predicted molar refractivity (Wildman–Crippen MR) is 127 cm³/mol. The fourth-order valence-electron chi connectivity index (χ4n) is 4.69. The van der Waals surface area contributed by atoms with Crippen LogP contribution in [0.1, 0.15) is 55.0 Å². The maximum Gasteiger partial charge on any atom is 0.254 e. The van der Waals surface area contributed by atoms with Gasteiger partial charge in [-0.3, -0.25) is 4.79 Å². The van der Waals surface area contributed by atoms with Gasteiger partial charge in [0.1, 0.15) is 5.75 Å². The number of ether oxygens (including phenoxy) is 1. The van der Waals surface area contributed by atoms with Crippen molar-refractivity contribution in [2.75, 3.05) is 7.11 Å². The summed E-state index contributed by atoms with van der Waals surface area (Å²) in [4.78, 5) is 20.6. The van der Waals surface area contributed by atoms with Crippen molar-refractivity contribution in [1.82, 2.24) is 14.5 Å².